The number of benzene rings is 1. The van der Waals surface area contributed by atoms with Crippen LogP contribution in [-0.2, 0) is 11.5 Å². The fraction of sp³-hybridized carbons (Fsp3) is 0.250. The van der Waals surface area contributed by atoms with E-state index in [2.05, 4.69) is 35.8 Å². The minimum atomic E-state index is -1.29. The Balaban J connectivity index is 1.86. The molecule has 3 heterocycles. The lowest BCUT2D eigenvalue weighted by Crippen LogP contribution is -2.23. The van der Waals surface area contributed by atoms with Crippen LogP contribution in [0.1, 0.15) is 16.2 Å². The Morgan fingerprint density at radius 1 is 1.18 bits per heavy atom. The van der Waals surface area contributed by atoms with Crippen molar-refractivity contribution in [2.24, 2.45) is 5.73 Å². The molecule has 0 radical (unpaired) electrons. The molecule has 0 spiro atoms. The summed E-state index contributed by atoms with van der Waals surface area (Å²) >= 11 is 0. The zero-order valence-electron chi connectivity index (χ0n) is 19.2. The molecule has 3 aromatic heterocycles. The molecule has 0 saturated carbocycles. The summed E-state index contributed by atoms with van der Waals surface area (Å²) in [5, 5.41) is 14.1. The summed E-state index contributed by atoms with van der Waals surface area (Å²) in [4.78, 5) is 16.8. The van der Waals surface area contributed by atoms with Crippen LogP contribution in [0.5, 0.6) is 0 Å². The Bertz CT molecular complexity index is 1400. The van der Waals surface area contributed by atoms with Crippen LogP contribution >= 0.6 is 0 Å². The third kappa shape index (κ3) is 4.76. The number of carbonyl (C=O) groups excluding carboxylic acids is 1. The number of imidazole rings is 1. The summed E-state index contributed by atoms with van der Waals surface area (Å²) in [5.41, 5.74) is 9.09. The number of nitrogens with two attached hydrogens (primary N) is 1. The van der Waals surface area contributed by atoms with Crippen LogP contribution in [0.15, 0.2) is 48.8 Å². The van der Waals surface area contributed by atoms with Crippen molar-refractivity contribution in [2.45, 2.75) is 32.4 Å². The van der Waals surface area contributed by atoms with Crippen LogP contribution in [-0.4, -0.2) is 39.8 Å². The smallest absolute Gasteiger partial charge is 0.267 e. The van der Waals surface area contributed by atoms with E-state index in [0.29, 0.717) is 40.3 Å². The van der Waals surface area contributed by atoms with Gasteiger partial charge in [0.2, 0.25) is 0 Å². The van der Waals surface area contributed by atoms with E-state index in [9.17, 15) is 14.4 Å². The number of hydrogen-bond donors (Lipinski definition) is 1. The van der Waals surface area contributed by atoms with Crippen molar-refractivity contribution in [3.8, 4) is 28.5 Å². The molecule has 34 heavy (non-hydrogen) atoms. The van der Waals surface area contributed by atoms with Gasteiger partial charge in [-0.1, -0.05) is 19.6 Å². The van der Waals surface area contributed by atoms with E-state index >= 15 is 0 Å². The molecule has 0 aliphatic heterocycles. The van der Waals surface area contributed by atoms with Crippen LogP contribution in [0.2, 0.25) is 25.7 Å². The highest BCUT2D eigenvalue weighted by Gasteiger charge is 2.25. The lowest BCUT2D eigenvalue weighted by atomic mass is 9.99. The molecule has 174 valence electrons. The second-order valence-corrected chi connectivity index (χ2v) is 14.8. The molecule has 8 nitrogen and oxygen atoms in total. The molecule has 0 bridgehead atoms. The van der Waals surface area contributed by atoms with E-state index in [1.165, 1.54) is 23.0 Å². The number of rotatable bonds is 8. The molecule has 0 aliphatic carbocycles. The first kappa shape index (κ1) is 23.3. The Kier molecular flexibility index (Phi) is 6.32. The van der Waals surface area contributed by atoms with Crippen molar-refractivity contribution in [3.63, 3.8) is 0 Å². The van der Waals surface area contributed by atoms with Crippen LogP contribution in [0, 0.1) is 17.1 Å². The first-order valence-corrected chi connectivity index (χ1v) is 14.5. The minimum absolute atomic E-state index is 0.0493. The Hall–Kier alpha value is -3.81. The second kappa shape index (κ2) is 9.21. The maximum absolute atomic E-state index is 13.6. The number of primary amides is 1. The van der Waals surface area contributed by atoms with Gasteiger partial charge in [0.25, 0.3) is 5.91 Å². The largest absolute Gasteiger partial charge is 0.364 e. The zero-order chi connectivity index (χ0) is 24.5. The van der Waals surface area contributed by atoms with Crippen molar-refractivity contribution >= 4 is 19.6 Å². The molecule has 0 aliphatic rings. The molecular weight excluding hydrogens is 451 g/mol. The number of ether oxygens (including phenoxy) is 1. The number of pyridine rings is 1. The Labute approximate surface area is 197 Å². The monoisotopic (exact) mass is 476 g/mol. The summed E-state index contributed by atoms with van der Waals surface area (Å²) in [7, 11) is -1.29. The fourth-order valence-corrected chi connectivity index (χ4v) is 4.39. The topological polar surface area (TPSA) is 111 Å². The van der Waals surface area contributed by atoms with Gasteiger partial charge >= 0.3 is 0 Å². The van der Waals surface area contributed by atoms with Gasteiger partial charge in [-0.05, 0) is 42.4 Å². The van der Waals surface area contributed by atoms with E-state index in [4.69, 9.17) is 10.5 Å². The first-order chi connectivity index (χ1) is 16.2. The summed E-state index contributed by atoms with van der Waals surface area (Å²) in [6, 6.07) is 12.5. The van der Waals surface area contributed by atoms with Crippen LogP contribution < -0.4 is 5.73 Å². The average Bonchev–Trinajstić information content (AvgIpc) is 3.37. The second-order valence-electron chi connectivity index (χ2n) is 9.19. The highest BCUT2D eigenvalue weighted by molar-refractivity contribution is 6.76. The third-order valence-electron chi connectivity index (χ3n) is 5.42. The SMILES string of the molecule is C[Si](C)(C)CCOCn1nc(-c2ccc(F)cc2)c(-c2ccc3ncc(C#N)n3c2)c1C(N)=O. The van der Waals surface area contributed by atoms with Crippen molar-refractivity contribution in [1.29, 1.82) is 5.26 Å². The Morgan fingerprint density at radius 2 is 1.88 bits per heavy atom. The van der Waals surface area contributed by atoms with Gasteiger partial charge in [-0.3, -0.25) is 9.20 Å². The summed E-state index contributed by atoms with van der Waals surface area (Å²) in [6.45, 7) is 7.36. The minimum Gasteiger partial charge on any atom is -0.364 e. The molecule has 1 aromatic carbocycles. The van der Waals surface area contributed by atoms with Crippen LogP contribution in [0.25, 0.3) is 28.0 Å². The zero-order valence-corrected chi connectivity index (χ0v) is 20.2. The molecule has 0 fully saturated rings. The number of nitriles is 1. The van der Waals surface area contributed by atoms with Gasteiger partial charge in [0.1, 0.15) is 41.3 Å². The van der Waals surface area contributed by atoms with E-state index in [0.717, 1.165) is 6.04 Å². The lowest BCUT2D eigenvalue weighted by Gasteiger charge is -2.15. The normalized spacial score (nSPS) is 11.6. The number of nitrogens with zero attached hydrogens (tertiary/aromatic N) is 5. The van der Waals surface area contributed by atoms with Crippen molar-refractivity contribution in [1.82, 2.24) is 19.2 Å². The van der Waals surface area contributed by atoms with Crippen molar-refractivity contribution in [3.05, 3.63) is 66.0 Å². The van der Waals surface area contributed by atoms with Crippen LogP contribution in [0.4, 0.5) is 4.39 Å². The molecule has 4 aromatic rings. The maximum atomic E-state index is 13.6. The predicted molar refractivity (Wildman–Crippen MR) is 129 cm³/mol. The number of halogens is 1. The molecule has 10 heteroatoms. The number of hydrogen-bond acceptors (Lipinski definition) is 5. The summed E-state index contributed by atoms with van der Waals surface area (Å²) < 4.78 is 22.5. The van der Waals surface area contributed by atoms with Gasteiger partial charge < -0.3 is 10.5 Å². The van der Waals surface area contributed by atoms with Crippen molar-refractivity contribution < 1.29 is 13.9 Å². The van der Waals surface area contributed by atoms with Gasteiger partial charge in [0.05, 0.1) is 6.20 Å². The quantitative estimate of drug-likeness (QED) is 0.301. The van der Waals surface area contributed by atoms with Crippen LogP contribution in [0.3, 0.4) is 0 Å². The predicted octanol–water partition coefficient (Wildman–Crippen LogP) is 4.29. The molecule has 4 rings (SSSR count). The lowest BCUT2D eigenvalue weighted by molar-refractivity contribution is 0.0734. The van der Waals surface area contributed by atoms with E-state index in [1.54, 1.807) is 34.9 Å². The van der Waals surface area contributed by atoms with E-state index in [1.807, 2.05) is 0 Å². The van der Waals surface area contributed by atoms with E-state index < -0.39 is 14.0 Å². The molecule has 0 unspecified atom stereocenters. The molecule has 2 N–H and O–H groups in total. The number of amides is 1. The molecule has 0 saturated heterocycles. The highest BCUT2D eigenvalue weighted by Crippen LogP contribution is 2.35. The Morgan fingerprint density at radius 3 is 2.53 bits per heavy atom. The average molecular weight is 477 g/mol. The maximum Gasteiger partial charge on any atom is 0.267 e. The fourth-order valence-electron chi connectivity index (χ4n) is 3.63. The van der Waals surface area contributed by atoms with Crippen molar-refractivity contribution in [2.75, 3.05) is 6.61 Å². The van der Waals surface area contributed by atoms with E-state index in [-0.39, 0.29) is 18.2 Å². The number of aromatic nitrogens is 4. The van der Waals surface area contributed by atoms with Gasteiger partial charge in [-0.25, -0.2) is 14.1 Å². The molecular formula is C24H25FN6O2Si. The summed E-state index contributed by atoms with van der Waals surface area (Å²) in [5.74, 6) is -1.05. The van der Waals surface area contributed by atoms with Gasteiger partial charge in [-0.2, -0.15) is 10.4 Å². The molecule has 0 atom stereocenters. The summed E-state index contributed by atoms with van der Waals surface area (Å²) in [6.07, 6.45) is 3.19. The van der Waals surface area contributed by atoms with Gasteiger partial charge in [-0.15, -0.1) is 0 Å². The molecule has 1 amide bonds. The highest BCUT2D eigenvalue weighted by atomic mass is 28.3. The number of fused-ring (bicyclic) bond motifs is 1. The van der Waals surface area contributed by atoms with Gasteiger partial charge in [0, 0.05) is 37.6 Å². The van der Waals surface area contributed by atoms with Gasteiger partial charge in [0.15, 0.2) is 0 Å². The third-order valence-corrected chi connectivity index (χ3v) is 7.13. The number of carbonyl (C=O) groups is 1. The first-order valence-electron chi connectivity index (χ1n) is 10.8. The standard InChI is InChI=1S/C24H25FN6O2Si/c1-34(2,3)11-10-33-15-31-23(24(27)32)21(22(29-31)16-4-7-18(25)8-5-16)17-6-9-20-28-13-19(12-26)30(20)14-17/h4-9,13-14H,10-11,15H2,1-3H3,(H2,27,32).